The second-order valence-corrected chi connectivity index (χ2v) is 3.86. The van der Waals surface area contributed by atoms with Gasteiger partial charge in [0.1, 0.15) is 0 Å². The number of nitrogens with zero attached hydrogens (tertiary/aromatic N) is 1. The molecular formula is C8H17NOS. The molecule has 0 amide bonds. The second kappa shape index (κ2) is 5.01. The van der Waals surface area contributed by atoms with Crippen LogP contribution >= 0.6 is 11.8 Å². The summed E-state index contributed by atoms with van der Waals surface area (Å²) in [6, 6.07) is 0.717. The molecule has 1 atom stereocenters. The Balaban J connectivity index is 2.21. The van der Waals surface area contributed by atoms with Crippen molar-refractivity contribution in [2.24, 2.45) is 0 Å². The number of morpholine rings is 1. The minimum atomic E-state index is 0.717. The molecule has 0 saturated carbocycles. The third kappa shape index (κ3) is 3.01. The van der Waals surface area contributed by atoms with Crippen molar-refractivity contribution >= 4 is 11.8 Å². The second-order valence-electron chi connectivity index (χ2n) is 2.95. The van der Waals surface area contributed by atoms with E-state index in [1.54, 1.807) is 0 Å². The fraction of sp³-hybridized carbons (Fsp3) is 1.00. The molecule has 2 nitrogen and oxygen atoms in total. The molecule has 66 valence electrons. The highest BCUT2D eigenvalue weighted by molar-refractivity contribution is 7.98. The molecule has 0 aliphatic carbocycles. The number of ether oxygens (including phenoxy) is 1. The molecule has 0 aromatic carbocycles. The van der Waals surface area contributed by atoms with Crippen LogP contribution in [0.25, 0.3) is 0 Å². The zero-order valence-corrected chi connectivity index (χ0v) is 8.19. The Labute approximate surface area is 73.3 Å². The summed E-state index contributed by atoms with van der Waals surface area (Å²) in [5.41, 5.74) is 0. The first kappa shape index (κ1) is 9.36. The molecule has 1 heterocycles. The lowest BCUT2D eigenvalue weighted by molar-refractivity contribution is 0.0246. The molecule has 0 radical (unpaired) electrons. The summed E-state index contributed by atoms with van der Waals surface area (Å²) in [7, 11) is 0. The smallest absolute Gasteiger partial charge is 0.0594 e. The van der Waals surface area contributed by atoms with Crippen LogP contribution < -0.4 is 0 Å². The first-order chi connectivity index (χ1) is 5.34. The molecule has 1 fully saturated rings. The maximum absolute atomic E-state index is 5.28. The summed E-state index contributed by atoms with van der Waals surface area (Å²) in [5.74, 6) is 1.24. The SMILES string of the molecule is CSCC(C)N1CCOCC1. The Hall–Kier alpha value is 0.270. The van der Waals surface area contributed by atoms with E-state index in [4.69, 9.17) is 4.74 Å². The molecule has 11 heavy (non-hydrogen) atoms. The summed E-state index contributed by atoms with van der Waals surface area (Å²) in [6.45, 7) is 6.35. The van der Waals surface area contributed by atoms with Gasteiger partial charge in [-0.1, -0.05) is 0 Å². The molecule has 1 aliphatic heterocycles. The van der Waals surface area contributed by atoms with E-state index in [2.05, 4.69) is 18.1 Å². The molecule has 1 rings (SSSR count). The maximum Gasteiger partial charge on any atom is 0.0594 e. The van der Waals surface area contributed by atoms with Crippen molar-refractivity contribution in [3.63, 3.8) is 0 Å². The lowest BCUT2D eigenvalue weighted by Crippen LogP contribution is -2.43. The van der Waals surface area contributed by atoms with Gasteiger partial charge in [-0.25, -0.2) is 0 Å². The van der Waals surface area contributed by atoms with Gasteiger partial charge in [-0.3, -0.25) is 4.90 Å². The molecule has 0 spiro atoms. The summed E-state index contributed by atoms with van der Waals surface area (Å²) in [5, 5.41) is 0. The van der Waals surface area contributed by atoms with Gasteiger partial charge in [-0.15, -0.1) is 0 Å². The van der Waals surface area contributed by atoms with Crippen molar-refractivity contribution in [3.8, 4) is 0 Å². The van der Waals surface area contributed by atoms with E-state index in [1.165, 1.54) is 5.75 Å². The topological polar surface area (TPSA) is 12.5 Å². The van der Waals surface area contributed by atoms with Gasteiger partial charge in [0.15, 0.2) is 0 Å². The van der Waals surface area contributed by atoms with Crippen LogP contribution in [0.15, 0.2) is 0 Å². The average molecular weight is 175 g/mol. The van der Waals surface area contributed by atoms with Crippen molar-refractivity contribution < 1.29 is 4.74 Å². The zero-order chi connectivity index (χ0) is 8.10. The highest BCUT2D eigenvalue weighted by Gasteiger charge is 2.15. The molecule has 0 bridgehead atoms. The third-order valence-corrected chi connectivity index (χ3v) is 2.89. The fourth-order valence-corrected chi connectivity index (χ4v) is 2.06. The molecule has 0 N–H and O–H groups in total. The lowest BCUT2D eigenvalue weighted by atomic mass is 10.3. The molecule has 1 unspecified atom stereocenters. The molecule has 1 saturated heterocycles. The van der Waals surface area contributed by atoms with E-state index in [1.807, 2.05) is 11.8 Å². The van der Waals surface area contributed by atoms with Crippen molar-refractivity contribution in [2.45, 2.75) is 13.0 Å². The standard InChI is InChI=1S/C8H17NOS/c1-8(7-11-2)9-3-5-10-6-4-9/h8H,3-7H2,1-2H3. The number of thioether (sulfide) groups is 1. The van der Waals surface area contributed by atoms with Gasteiger partial charge in [-0.2, -0.15) is 11.8 Å². The van der Waals surface area contributed by atoms with Gasteiger partial charge in [0, 0.05) is 24.9 Å². The predicted molar refractivity (Wildman–Crippen MR) is 50.2 cm³/mol. The average Bonchev–Trinajstić information content (AvgIpc) is 2.07. The number of rotatable bonds is 3. The van der Waals surface area contributed by atoms with Crippen LogP contribution in [0.5, 0.6) is 0 Å². The van der Waals surface area contributed by atoms with Gasteiger partial charge in [0.2, 0.25) is 0 Å². The van der Waals surface area contributed by atoms with Crippen LogP contribution in [0.2, 0.25) is 0 Å². The monoisotopic (exact) mass is 175 g/mol. The highest BCUT2D eigenvalue weighted by atomic mass is 32.2. The van der Waals surface area contributed by atoms with Crippen molar-refractivity contribution in [2.75, 3.05) is 38.3 Å². The largest absolute Gasteiger partial charge is 0.379 e. The Morgan fingerprint density at radius 1 is 1.45 bits per heavy atom. The third-order valence-electron chi connectivity index (χ3n) is 2.08. The van der Waals surface area contributed by atoms with E-state index < -0.39 is 0 Å². The van der Waals surface area contributed by atoms with Crippen LogP contribution in [0, 0.1) is 0 Å². The first-order valence-corrected chi connectivity index (χ1v) is 5.54. The molecule has 0 aromatic heterocycles. The van der Waals surface area contributed by atoms with Gasteiger partial charge in [-0.05, 0) is 13.2 Å². The minimum absolute atomic E-state index is 0.717. The summed E-state index contributed by atoms with van der Waals surface area (Å²) in [6.07, 6.45) is 2.16. The van der Waals surface area contributed by atoms with Crippen LogP contribution in [0.1, 0.15) is 6.92 Å². The summed E-state index contributed by atoms with van der Waals surface area (Å²) < 4.78 is 5.28. The normalized spacial score (nSPS) is 23.5. The lowest BCUT2D eigenvalue weighted by Gasteiger charge is -2.31. The van der Waals surface area contributed by atoms with Crippen molar-refractivity contribution in [1.82, 2.24) is 4.90 Å². The van der Waals surface area contributed by atoms with E-state index >= 15 is 0 Å². The summed E-state index contributed by atoms with van der Waals surface area (Å²) >= 11 is 1.92. The van der Waals surface area contributed by atoms with E-state index in [0.29, 0.717) is 6.04 Å². The van der Waals surface area contributed by atoms with E-state index in [9.17, 15) is 0 Å². The molecular weight excluding hydrogens is 158 g/mol. The Kier molecular flexibility index (Phi) is 4.26. The number of hydrogen-bond acceptors (Lipinski definition) is 3. The quantitative estimate of drug-likeness (QED) is 0.636. The zero-order valence-electron chi connectivity index (χ0n) is 7.38. The maximum atomic E-state index is 5.28. The van der Waals surface area contributed by atoms with E-state index in [0.717, 1.165) is 26.3 Å². The molecule has 1 aliphatic rings. The Morgan fingerprint density at radius 2 is 2.09 bits per heavy atom. The van der Waals surface area contributed by atoms with Crippen LogP contribution in [0.3, 0.4) is 0 Å². The van der Waals surface area contributed by atoms with Gasteiger partial charge >= 0.3 is 0 Å². The predicted octanol–water partition coefficient (Wildman–Crippen LogP) is 1.07. The van der Waals surface area contributed by atoms with Crippen LogP contribution in [-0.4, -0.2) is 49.3 Å². The highest BCUT2D eigenvalue weighted by Crippen LogP contribution is 2.07. The van der Waals surface area contributed by atoms with E-state index in [-0.39, 0.29) is 0 Å². The van der Waals surface area contributed by atoms with Gasteiger partial charge < -0.3 is 4.74 Å². The Morgan fingerprint density at radius 3 is 2.64 bits per heavy atom. The van der Waals surface area contributed by atoms with Crippen LogP contribution in [-0.2, 0) is 4.74 Å². The number of hydrogen-bond donors (Lipinski definition) is 0. The minimum Gasteiger partial charge on any atom is -0.379 e. The Bertz CT molecular complexity index is 104. The fourth-order valence-electron chi connectivity index (χ4n) is 1.36. The molecule has 3 heteroatoms. The summed E-state index contributed by atoms with van der Waals surface area (Å²) in [4.78, 5) is 2.50. The molecule has 0 aromatic rings. The van der Waals surface area contributed by atoms with Gasteiger partial charge in [0.25, 0.3) is 0 Å². The van der Waals surface area contributed by atoms with Gasteiger partial charge in [0.05, 0.1) is 13.2 Å². The first-order valence-electron chi connectivity index (χ1n) is 4.15. The van der Waals surface area contributed by atoms with Crippen LogP contribution in [0.4, 0.5) is 0 Å². The van der Waals surface area contributed by atoms with Crippen molar-refractivity contribution in [1.29, 1.82) is 0 Å². The van der Waals surface area contributed by atoms with Crippen molar-refractivity contribution in [3.05, 3.63) is 0 Å².